The Morgan fingerprint density at radius 3 is 1.53 bits per heavy atom. The number of carbonyl (C=O) groups is 4. The molecule has 0 aliphatic rings. The Labute approximate surface area is 213 Å². The predicted molar refractivity (Wildman–Crippen MR) is 143 cm³/mol. The predicted octanol–water partition coefficient (Wildman–Crippen LogP) is 4.59. The molecule has 2 aromatic rings. The second-order valence-electron chi connectivity index (χ2n) is 11.2. The molecule has 0 spiro atoms. The minimum atomic E-state index is -0.776. The van der Waals surface area contributed by atoms with Crippen LogP contribution >= 0.6 is 0 Å². The maximum Gasteiger partial charge on any atom is 0.251 e. The van der Waals surface area contributed by atoms with E-state index >= 15 is 0 Å². The molecule has 2 aromatic carbocycles. The van der Waals surface area contributed by atoms with Gasteiger partial charge in [-0.2, -0.15) is 0 Å². The van der Waals surface area contributed by atoms with Crippen LogP contribution in [0.4, 0.5) is 11.4 Å². The highest BCUT2D eigenvalue weighted by atomic mass is 16.2. The summed E-state index contributed by atoms with van der Waals surface area (Å²) in [5.74, 6) is -1.25. The van der Waals surface area contributed by atoms with E-state index in [0.29, 0.717) is 22.5 Å². The highest BCUT2D eigenvalue weighted by molar-refractivity contribution is 6.02. The van der Waals surface area contributed by atoms with Crippen LogP contribution in [0, 0.1) is 11.3 Å². The van der Waals surface area contributed by atoms with Gasteiger partial charge in [-0.3, -0.25) is 19.2 Å². The number of hydrogen-bond acceptors (Lipinski definition) is 4. The Hall–Kier alpha value is -3.68. The molecule has 0 aliphatic carbocycles. The van der Waals surface area contributed by atoms with E-state index in [2.05, 4.69) is 21.3 Å². The zero-order valence-electron chi connectivity index (χ0n) is 22.4. The second kappa shape index (κ2) is 11.4. The first-order chi connectivity index (χ1) is 16.6. The Bertz CT molecular complexity index is 1090. The highest BCUT2D eigenvalue weighted by Crippen LogP contribution is 2.18. The van der Waals surface area contributed by atoms with E-state index in [1.165, 1.54) is 0 Å². The summed E-state index contributed by atoms with van der Waals surface area (Å²) in [5, 5.41) is 11.3. The molecule has 2 rings (SSSR count). The topological polar surface area (TPSA) is 116 Å². The zero-order valence-corrected chi connectivity index (χ0v) is 22.4. The molecule has 0 saturated carbocycles. The fraction of sp³-hybridized carbons (Fsp3) is 0.429. The first-order valence-electron chi connectivity index (χ1n) is 12.0. The van der Waals surface area contributed by atoms with Gasteiger partial charge >= 0.3 is 0 Å². The Balaban J connectivity index is 2.03. The molecule has 8 heteroatoms. The van der Waals surface area contributed by atoms with Crippen molar-refractivity contribution in [2.75, 3.05) is 10.6 Å². The maximum atomic E-state index is 12.9. The Morgan fingerprint density at radius 2 is 1.11 bits per heavy atom. The first kappa shape index (κ1) is 28.6. The minimum Gasteiger partial charge on any atom is -0.347 e. The lowest BCUT2D eigenvalue weighted by atomic mass is 9.95. The average Bonchev–Trinajstić information content (AvgIpc) is 2.76. The fourth-order valence-corrected chi connectivity index (χ4v) is 3.12. The van der Waals surface area contributed by atoms with Crippen molar-refractivity contribution in [3.05, 3.63) is 59.7 Å². The van der Waals surface area contributed by atoms with Gasteiger partial charge < -0.3 is 21.3 Å². The van der Waals surface area contributed by atoms with Crippen LogP contribution in [0.15, 0.2) is 48.5 Å². The van der Waals surface area contributed by atoms with Crippen molar-refractivity contribution in [3.8, 4) is 0 Å². The average molecular weight is 495 g/mol. The molecule has 0 radical (unpaired) electrons. The summed E-state index contributed by atoms with van der Waals surface area (Å²) in [6, 6.07) is 12.3. The van der Waals surface area contributed by atoms with Crippen LogP contribution in [0.1, 0.15) is 76.1 Å². The van der Waals surface area contributed by atoms with Crippen molar-refractivity contribution >= 4 is 35.0 Å². The van der Waals surface area contributed by atoms with Crippen LogP contribution in [0.5, 0.6) is 0 Å². The summed E-state index contributed by atoms with van der Waals surface area (Å²) in [6.45, 7) is 14.8. The highest BCUT2D eigenvalue weighted by Gasteiger charge is 2.25. The summed E-state index contributed by atoms with van der Waals surface area (Å²) in [6.07, 6.45) is 0. The van der Waals surface area contributed by atoms with Gasteiger partial charge in [0.05, 0.1) is 0 Å². The van der Waals surface area contributed by atoms with E-state index in [0.717, 1.165) is 0 Å². The summed E-state index contributed by atoms with van der Waals surface area (Å²) in [5.41, 5.74) is 1.08. The SMILES string of the molecule is CC(C)[C@H](NC(=O)c1ccc(NC(=O)C(C)(C)C)cc1)C(=O)Nc1ccc(C(=O)NC(C)(C)C)cc1. The number of anilines is 2. The van der Waals surface area contributed by atoms with Crippen LogP contribution in [-0.4, -0.2) is 35.2 Å². The van der Waals surface area contributed by atoms with E-state index in [1.54, 1.807) is 48.5 Å². The second-order valence-corrected chi connectivity index (χ2v) is 11.2. The van der Waals surface area contributed by atoms with Gasteiger partial charge in [-0.15, -0.1) is 0 Å². The zero-order chi connectivity index (χ0) is 27.3. The number of carbonyl (C=O) groups excluding carboxylic acids is 4. The van der Waals surface area contributed by atoms with Gasteiger partial charge in [0.2, 0.25) is 11.8 Å². The molecule has 0 aliphatic heterocycles. The van der Waals surface area contributed by atoms with Crippen LogP contribution < -0.4 is 21.3 Å². The molecule has 1 atom stereocenters. The Kier molecular flexibility index (Phi) is 9.02. The van der Waals surface area contributed by atoms with Gasteiger partial charge in [0.15, 0.2) is 0 Å². The summed E-state index contributed by atoms with van der Waals surface area (Å²) >= 11 is 0. The van der Waals surface area contributed by atoms with Crippen molar-refractivity contribution in [3.63, 3.8) is 0 Å². The Morgan fingerprint density at radius 1 is 0.667 bits per heavy atom. The lowest BCUT2D eigenvalue weighted by molar-refractivity contribution is -0.123. The van der Waals surface area contributed by atoms with Gasteiger partial charge in [-0.1, -0.05) is 34.6 Å². The monoisotopic (exact) mass is 494 g/mol. The van der Waals surface area contributed by atoms with Gasteiger partial charge in [0.1, 0.15) is 6.04 Å². The van der Waals surface area contributed by atoms with E-state index in [-0.39, 0.29) is 29.2 Å². The van der Waals surface area contributed by atoms with Crippen LogP contribution in [0.3, 0.4) is 0 Å². The first-order valence-corrected chi connectivity index (χ1v) is 12.0. The molecular weight excluding hydrogens is 456 g/mol. The molecule has 0 unspecified atom stereocenters. The standard InChI is InChI=1S/C28H38N4O4/c1-17(2)22(25(35)29-20-13-11-19(12-14-20)24(34)32-28(6,7)8)31-23(33)18-9-15-21(16-10-18)30-26(36)27(3,4)5/h9-17,22H,1-8H3,(H,29,35)(H,30,36)(H,31,33)(H,32,34)/t22-/m0/s1. The largest absolute Gasteiger partial charge is 0.347 e. The molecule has 8 nitrogen and oxygen atoms in total. The fourth-order valence-electron chi connectivity index (χ4n) is 3.12. The summed E-state index contributed by atoms with van der Waals surface area (Å²) < 4.78 is 0. The molecule has 4 amide bonds. The van der Waals surface area contributed by atoms with Gasteiger partial charge in [0.25, 0.3) is 11.8 Å². The maximum absolute atomic E-state index is 12.9. The lowest BCUT2D eigenvalue weighted by Crippen LogP contribution is -2.47. The third-order valence-electron chi connectivity index (χ3n) is 5.23. The number of nitrogens with one attached hydrogen (secondary N) is 4. The van der Waals surface area contributed by atoms with E-state index in [4.69, 9.17) is 0 Å². The molecule has 0 bridgehead atoms. The number of benzene rings is 2. The van der Waals surface area contributed by atoms with Crippen molar-refractivity contribution in [1.29, 1.82) is 0 Å². The lowest BCUT2D eigenvalue weighted by Gasteiger charge is -2.22. The van der Waals surface area contributed by atoms with Gasteiger partial charge in [0, 0.05) is 33.5 Å². The van der Waals surface area contributed by atoms with E-state index < -0.39 is 17.4 Å². The summed E-state index contributed by atoms with van der Waals surface area (Å²) in [4.78, 5) is 50.2. The molecule has 4 N–H and O–H groups in total. The normalized spacial score (nSPS) is 12.5. The third-order valence-corrected chi connectivity index (χ3v) is 5.23. The van der Waals surface area contributed by atoms with Crippen LogP contribution in [0.25, 0.3) is 0 Å². The van der Waals surface area contributed by atoms with Crippen molar-refractivity contribution in [2.24, 2.45) is 11.3 Å². The molecule has 0 fully saturated rings. The minimum absolute atomic E-state index is 0.126. The van der Waals surface area contributed by atoms with Crippen molar-refractivity contribution < 1.29 is 19.2 Å². The van der Waals surface area contributed by atoms with Crippen molar-refractivity contribution in [2.45, 2.75) is 67.0 Å². The molecule has 194 valence electrons. The molecule has 0 heterocycles. The molecule has 36 heavy (non-hydrogen) atoms. The van der Waals surface area contributed by atoms with E-state index in [1.807, 2.05) is 55.4 Å². The number of hydrogen-bond donors (Lipinski definition) is 4. The smallest absolute Gasteiger partial charge is 0.251 e. The third kappa shape index (κ3) is 8.52. The number of rotatable bonds is 7. The summed E-state index contributed by atoms with van der Waals surface area (Å²) in [7, 11) is 0. The van der Waals surface area contributed by atoms with Crippen molar-refractivity contribution in [1.82, 2.24) is 10.6 Å². The molecule has 0 saturated heterocycles. The van der Waals surface area contributed by atoms with Crippen LogP contribution in [0.2, 0.25) is 0 Å². The molecular formula is C28H38N4O4. The van der Waals surface area contributed by atoms with Gasteiger partial charge in [-0.25, -0.2) is 0 Å². The van der Waals surface area contributed by atoms with Gasteiger partial charge in [-0.05, 0) is 75.2 Å². The molecule has 0 aromatic heterocycles. The quantitative estimate of drug-likeness (QED) is 0.450. The van der Waals surface area contributed by atoms with Crippen LogP contribution in [-0.2, 0) is 9.59 Å². The van der Waals surface area contributed by atoms with E-state index in [9.17, 15) is 19.2 Å². The number of amides is 4.